The normalized spacial score (nSPS) is 10.1. The van der Waals surface area contributed by atoms with Crippen molar-refractivity contribution in [3.05, 3.63) is 10.6 Å². The van der Waals surface area contributed by atoms with Crippen LogP contribution in [0.1, 0.15) is 22.3 Å². The van der Waals surface area contributed by atoms with E-state index in [4.69, 9.17) is 4.74 Å². The second-order valence-corrected chi connectivity index (χ2v) is 5.00. The molecule has 0 atom stereocenters. The van der Waals surface area contributed by atoms with Crippen molar-refractivity contribution < 1.29 is 14.3 Å². The van der Waals surface area contributed by atoms with Gasteiger partial charge in [0.15, 0.2) is 5.13 Å². The van der Waals surface area contributed by atoms with E-state index < -0.39 is 5.97 Å². The molecule has 1 N–H and O–H groups in total. The van der Waals surface area contributed by atoms with Gasteiger partial charge in [-0.15, -0.1) is 0 Å². The zero-order valence-electron chi connectivity index (χ0n) is 9.90. The standard InChI is InChI=1S/C10H14N2O3S2/c1-4-15-9(14)8-6(2)11-10(17-8)12-7(13)5-16-3/h4-5H2,1-3H3,(H,11,12,13). The van der Waals surface area contributed by atoms with Gasteiger partial charge in [-0.25, -0.2) is 9.78 Å². The first kappa shape index (κ1) is 14.0. The molecule has 0 saturated carbocycles. The molecular weight excluding hydrogens is 260 g/mol. The fraction of sp³-hybridized carbons (Fsp3) is 0.500. The van der Waals surface area contributed by atoms with Crippen LogP contribution in [0.2, 0.25) is 0 Å². The molecule has 0 bridgehead atoms. The molecule has 0 aromatic carbocycles. The van der Waals surface area contributed by atoms with Crippen molar-refractivity contribution in [3.63, 3.8) is 0 Å². The van der Waals surface area contributed by atoms with Crippen molar-refractivity contribution in [2.24, 2.45) is 0 Å². The smallest absolute Gasteiger partial charge is 0.350 e. The molecule has 5 nitrogen and oxygen atoms in total. The Kier molecular flexibility index (Phi) is 5.43. The van der Waals surface area contributed by atoms with Crippen molar-refractivity contribution >= 4 is 40.1 Å². The third-order valence-electron chi connectivity index (χ3n) is 1.78. The van der Waals surface area contributed by atoms with Crippen LogP contribution >= 0.6 is 23.1 Å². The van der Waals surface area contributed by atoms with Crippen LogP contribution in [0, 0.1) is 6.92 Å². The first-order chi connectivity index (χ1) is 8.08. The molecule has 1 aromatic heterocycles. The fourth-order valence-electron chi connectivity index (χ4n) is 1.12. The average molecular weight is 274 g/mol. The zero-order valence-corrected chi connectivity index (χ0v) is 11.5. The predicted octanol–water partition coefficient (Wildman–Crippen LogP) is 1.93. The number of aryl methyl sites for hydroxylation is 1. The minimum Gasteiger partial charge on any atom is -0.462 e. The lowest BCUT2D eigenvalue weighted by atomic mass is 10.4. The molecule has 0 saturated heterocycles. The zero-order chi connectivity index (χ0) is 12.8. The quantitative estimate of drug-likeness (QED) is 0.831. The van der Waals surface area contributed by atoms with Crippen LogP contribution in [0.15, 0.2) is 0 Å². The summed E-state index contributed by atoms with van der Waals surface area (Å²) >= 11 is 2.56. The van der Waals surface area contributed by atoms with E-state index in [9.17, 15) is 9.59 Å². The Labute approximate surface area is 108 Å². The first-order valence-electron chi connectivity index (χ1n) is 5.01. The number of carbonyl (C=O) groups is 2. The number of hydrogen-bond donors (Lipinski definition) is 1. The number of thiazole rings is 1. The van der Waals surface area contributed by atoms with Gasteiger partial charge in [0.2, 0.25) is 5.91 Å². The molecule has 1 aromatic rings. The molecule has 0 fully saturated rings. The number of amides is 1. The maximum absolute atomic E-state index is 11.5. The monoisotopic (exact) mass is 274 g/mol. The van der Waals surface area contributed by atoms with Crippen molar-refractivity contribution in [3.8, 4) is 0 Å². The maximum Gasteiger partial charge on any atom is 0.350 e. The summed E-state index contributed by atoms with van der Waals surface area (Å²) in [6.07, 6.45) is 1.84. The summed E-state index contributed by atoms with van der Waals surface area (Å²) in [4.78, 5) is 27.4. The van der Waals surface area contributed by atoms with Gasteiger partial charge in [0.1, 0.15) is 4.88 Å². The largest absolute Gasteiger partial charge is 0.462 e. The Hall–Kier alpha value is -1.08. The van der Waals surface area contributed by atoms with Crippen LogP contribution in [-0.2, 0) is 9.53 Å². The van der Waals surface area contributed by atoms with E-state index >= 15 is 0 Å². The van der Waals surface area contributed by atoms with Crippen LogP contribution in [0.4, 0.5) is 5.13 Å². The Balaban J connectivity index is 2.74. The highest BCUT2D eigenvalue weighted by Gasteiger charge is 2.17. The highest BCUT2D eigenvalue weighted by Crippen LogP contribution is 2.23. The summed E-state index contributed by atoms with van der Waals surface area (Å²) in [5, 5.41) is 3.08. The van der Waals surface area contributed by atoms with E-state index in [-0.39, 0.29) is 5.91 Å². The van der Waals surface area contributed by atoms with Gasteiger partial charge in [-0.2, -0.15) is 11.8 Å². The van der Waals surface area contributed by atoms with Gasteiger partial charge >= 0.3 is 5.97 Å². The Bertz CT molecular complexity index is 418. The number of aromatic nitrogens is 1. The van der Waals surface area contributed by atoms with Crippen molar-refractivity contribution in [2.75, 3.05) is 23.9 Å². The number of thioether (sulfide) groups is 1. The lowest BCUT2D eigenvalue weighted by molar-refractivity contribution is -0.113. The summed E-state index contributed by atoms with van der Waals surface area (Å²) in [6, 6.07) is 0. The van der Waals surface area contributed by atoms with Gasteiger partial charge in [0, 0.05) is 0 Å². The minimum atomic E-state index is -0.395. The topological polar surface area (TPSA) is 68.3 Å². The Morgan fingerprint density at radius 3 is 2.82 bits per heavy atom. The van der Waals surface area contributed by atoms with Crippen LogP contribution in [0.5, 0.6) is 0 Å². The van der Waals surface area contributed by atoms with Crippen molar-refractivity contribution in [2.45, 2.75) is 13.8 Å². The molecular formula is C10H14N2O3S2. The van der Waals surface area contributed by atoms with Gasteiger partial charge in [-0.3, -0.25) is 4.79 Å². The number of nitrogens with zero attached hydrogens (tertiary/aromatic N) is 1. The summed E-state index contributed by atoms with van der Waals surface area (Å²) in [7, 11) is 0. The molecule has 0 aliphatic carbocycles. The predicted molar refractivity (Wildman–Crippen MR) is 69.8 cm³/mol. The van der Waals surface area contributed by atoms with E-state index in [1.165, 1.54) is 11.8 Å². The van der Waals surface area contributed by atoms with Gasteiger partial charge in [0.05, 0.1) is 18.1 Å². The van der Waals surface area contributed by atoms with Crippen LogP contribution < -0.4 is 5.32 Å². The van der Waals surface area contributed by atoms with Crippen LogP contribution in [0.25, 0.3) is 0 Å². The molecule has 1 amide bonds. The van der Waals surface area contributed by atoms with E-state index in [0.717, 1.165) is 11.3 Å². The Morgan fingerprint density at radius 2 is 2.24 bits per heavy atom. The molecule has 94 valence electrons. The molecule has 0 aliphatic rings. The molecule has 0 radical (unpaired) electrons. The number of carbonyl (C=O) groups excluding carboxylic acids is 2. The number of nitrogens with one attached hydrogen (secondary N) is 1. The van der Waals surface area contributed by atoms with Gasteiger partial charge < -0.3 is 10.1 Å². The second-order valence-electron chi connectivity index (χ2n) is 3.14. The Morgan fingerprint density at radius 1 is 1.53 bits per heavy atom. The van der Waals surface area contributed by atoms with Crippen LogP contribution in [0.3, 0.4) is 0 Å². The molecule has 1 heterocycles. The number of rotatable bonds is 5. The SMILES string of the molecule is CCOC(=O)c1sc(NC(=O)CSC)nc1C. The van der Waals surface area contributed by atoms with E-state index in [0.29, 0.717) is 28.1 Å². The highest BCUT2D eigenvalue weighted by atomic mass is 32.2. The number of anilines is 1. The second kappa shape index (κ2) is 6.61. The summed E-state index contributed by atoms with van der Waals surface area (Å²) in [5.41, 5.74) is 0.577. The lowest BCUT2D eigenvalue weighted by Crippen LogP contribution is -2.13. The third kappa shape index (κ3) is 4.01. The van der Waals surface area contributed by atoms with Gasteiger partial charge in [-0.1, -0.05) is 11.3 Å². The molecule has 0 spiro atoms. The summed E-state index contributed by atoms with van der Waals surface area (Å²) in [6.45, 7) is 3.78. The lowest BCUT2D eigenvalue weighted by Gasteiger charge is -1.98. The molecule has 0 unspecified atom stereocenters. The van der Waals surface area contributed by atoms with Gasteiger partial charge in [0.25, 0.3) is 0 Å². The van der Waals surface area contributed by atoms with Crippen molar-refractivity contribution in [1.82, 2.24) is 4.98 Å². The van der Waals surface area contributed by atoms with E-state index in [2.05, 4.69) is 10.3 Å². The summed E-state index contributed by atoms with van der Waals surface area (Å²) in [5.74, 6) is -0.151. The van der Waals surface area contributed by atoms with E-state index in [1.54, 1.807) is 13.8 Å². The minimum absolute atomic E-state index is 0.123. The number of hydrogen-bond acceptors (Lipinski definition) is 6. The van der Waals surface area contributed by atoms with E-state index in [1.807, 2.05) is 6.26 Å². The maximum atomic E-state index is 11.5. The fourth-order valence-corrected chi connectivity index (χ4v) is 2.33. The third-order valence-corrected chi connectivity index (χ3v) is 3.38. The van der Waals surface area contributed by atoms with Crippen LogP contribution in [-0.4, -0.2) is 35.5 Å². The molecule has 7 heteroatoms. The average Bonchev–Trinajstić information content (AvgIpc) is 2.60. The number of ether oxygens (including phenoxy) is 1. The molecule has 17 heavy (non-hydrogen) atoms. The molecule has 0 aliphatic heterocycles. The highest BCUT2D eigenvalue weighted by molar-refractivity contribution is 7.99. The first-order valence-corrected chi connectivity index (χ1v) is 7.22. The number of esters is 1. The summed E-state index contributed by atoms with van der Waals surface area (Å²) < 4.78 is 4.89. The molecule has 1 rings (SSSR count). The van der Waals surface area contributed by atoms with Gasteiger partial charge in [-0.05, 0) is 20.1 Å². The van der Waals surface area contributed by atoms with Crippen molar-refractivity contribution in [1.29, 1.82) is 0 Å².